The molecule has 76 valence electrons. The number of carbonyl (C=O) groups is 1. The second-order valence-electron chi connectivity index (χ2n) is 3.07. The number of halogens is 1. The SMILES string of the molecule is N#CCC1Sc2cccc(Br)c2NC1=O. The number of hydrogen-bond acceptors (Lipinski definition) is 3. The molecule has 0 spiro atoms. The zero-order valence-electron chi connectivity index (χ0n) is 7.66. The first-order chi connectivity index (χ1) is 7.22. The Morgan fingerprint density at radius 1 is 1.60 bits per heavy atom. The van der Waals surface area contributed by atoms with E-state index in [4.69, 9.17) is 5.26 Å². The highest BCUT2D eigenvalue weighted by Gasteiger charge is 2.27. The number of nitriles is 1. The average molecular weight is 283 g/mol. The summed E-state index contributed by atoms with van der Waals surface area (Å²) in [6, 6.07) is 7.75. The summed E-state index contributed by atoms with van der Waals surface area (Å²) in [5, 5.41) is 11.1. The van der Waals surface area contributed by atoms with E-state index in [9.17, 15) is 4.79 Å². The summed E-state index contributed by atoms with van der Waals surface area (Å²) in [4.78, 5) is 12.6. The molecular weight excluding hydrogens is 276 g/mol. The molecule has 1 aromatic carbocycles. The molecule has 0 bridgehead atoms. The van der Waals surface area contributed by atoms with Crippen molar-refractivity contribution in [3.63, 3.8) is 0 Å². The quantitative estimate of drug-likeness (QED) is 0.862. The van der Waals surface area contributed by atoms with Crippen LogP contribution in [-0.4, -0.2) is 11.2 Å². The molecule has 1 atom stereocenters. The number of carbonyl (C=O) groups excluding carboxylic acids is 1. The van der Waals surface area contributed by atoms with E-state index in [0.717, 1.165) is 15.1 Å². The van der Waals surface area contributed by atoms with Crippen molar-refractivity contribution in [2.24, 2.45) is 0 Å². The largest absolute Gasteiger partial charge is 0.323 e. The maximum atomic E-state index is 11.6. The van der Waals surface area contributed by atoms with Crippen LogP contribution >= 0.6 is 27.7 Å². The van der Waals surface area contributed by atoms with E-state index in [1.54, 1.807) is 0 Å². The van der Waals surface area contributed by atoms with E-state index >= 15 is 0 Å². The topological polar surface area (TPSA) is 52.9 Å². The third-order valence-electron chi connectivity index (χ3n) is 2.06. The lowest BCUT2D eigenvalue weighted by Crippen LogP contribution is -2.28. The van der Waals surface area contributed by atoms with Crippen molar-refractivity contribution in [2.75, 3.05) is 5.32 Å². The maximum absolute atomic E-state index is 11.6. The second-order valence-corrected chi connectivity index (χ2v) is 5.17. The number of benzene rings is 1. The Balaban J connectivity index is 2.35. The number of anilines is 1. The van der Waals surface area contributed by atoms with Gasteiger partial charge in [0.15, 0.2) is 0 Å². The van der Waals surface area contributed by atoms with Gasteiger partial charge in [-0.2, -0.15) is 5.26 Å². The van der Waals surface area contributed by atoms with E-state index in [2.05, 4.69) is 21.2 Å². The molecule has 0 fully saturated rings. The molecule has 1 N–H and O–H groups in total. The lowest BCUT2D eigenvalue weighted by Gasteiger charge is -2.23. The summed E-state index contributed by atoms with van der Waals surface area (Å²) in [6.07, 6.45) is 0.239. The summed E-state index contributed by atoms with van der Waals surface area (Å²) in [5.41, 5.74) is 0.807. The van der Waals surface area contributed by atoms with Crippen LogP contribution in [0, 0.1) is 11.3 Å². The minimum absolute atomic E-state index is 0.0963. The van der Waals surface area contributed by atoms with Crippen LogP contribution in [0.25, 0.3) is 0 Å². The molecule has 1 aliphatic heterocycles. The van der Waals surface area contributed by atoms with Gasteiger partial charge in [0.25, 0.3) is 0 Å². The first kappa shape index (κ1) is 10.5. The minimum atomic E-state index is -0.295. The van der Waals surface area contributed by atoms with Crippen molar-refractivity contribution in [3.8, 4) is 6.07 Å². The number of nitrogens with one attached hydrogen (secondary N) is 1. The van der Waals surface area contributed by atoms with Crippen molar-refractivity contribution in [1.29, 1.82) is 5.26 Å². The number of amides is 1. The molecule has 0 saturated heterocycles. The Hall–Kier alpha value is -0.990. The van der Waals surface area contributed by atoms with Gasteiger partial charge in [0.05, 0.1) is 18.2 Å². The van der Waals surface area contributed by atoms with E-state index in [1.807, 2.05) is 24.3 Å². The number of nitrogens with zero attached hydrogens (tertiary/aromatic N) is 1. The predicted molar refractivity (Wildman–Crippen MR) is 62.6 cm³/mol. The van der Waals surface area contributed by atoms with Crippen LogP contribution in [0.5, 0.6) is 0 Å². The molecule has 3 nitrogen and oxygen atoms in total. The Kier molecular flexibility index (Phi) is 2.98. The van der Waals surface area contributed by atoms with Gasteiger partial charge in [-0.05, 0) is 28.1 Å². The highest BCUT2D eigenvalue weighted by molar-refractivity contribution is 9.10. The highest BCUT2D eigenvalue weighted by Crippen LogP contribution is 2.40. The van der Waals surface area contributed by atoms with Gasteiger partial charge >= 0.3 is 0 Å². The third-order valence-corrected chi connectivity index (χ3v) is 3.98. The van der Waals surface area contributed by atoms with Crippen molar-refractivity contribution in [1.82, 2.24) is 0 Å². The zero-order chi connectivity index (χ0) is 10.8. The van der Waals surface area contributed by atoms with Gasteiger partial charge in [0.1, 0.15) is 5.25 Å². The summed E-state index contributed by atoms with van der Waals surface area (Å²) in [6.45, 7) is 0. The molecule has 0 aromatic heterocycles. The van der Waals surface area contributed by atoms with Crippen LogP contribution in [0.3, 0.4) is 0 Å². The molecule has 1 aromatic rings. The number of hydrogen-bond donors (Lipinski definition) is 1. The lowest BCUT2D eigenvalue weighted by atomic mass is 10.2. The molecule has 0 radical (unpaired) electrons. The van der Waals surface area contributed by atoms with Crippen LogP contribution in [0.1, 0.15) is 6.42 Å². The first-order valence-electron chi connectivity index (χ1n) is 4.35. The Bertz CT molecular complexity index is 455. The fourth-order valence-electron chi connectivity index (χ4n) is 1.35. The molecule has 1 unspecified atom stereocenters. The van der Waals surface area contributed by atoms with Crippen molar-refractivity contribution >= 4 is 39.3 Å². The monoisotopic (exact) mass is 282 g/mol. The van der Waals surface area contributed by atoms with Gasteiger partial charge in [-0.25, -0.2) is 0 Å². The Morgan fingerprint density at radius 3 is 3.13 bits per heavy atom. The molecule has 0 aliphatic carbocycles. The number of thioether (sulfide) groups is 1. The van der Waals surface area contributed by atoms with E-state index in [0.29, 0.717) is 0 Å². The molecule has 2 rings (SSSR count). The fourth-order valence-corrected chi connectivity index (χ4v) is 3.01. The zero-order valence-corrected chi connectivity index (χ0v) is 10.1. The summed E-state index contributed by atoms with van der Waals surface area (Å²) >= 11 is 4.81. The van der Waals surface area contributed by atoms with Crippen molar-refractivity contribution in [3.05, 3.63) is 22.7 Å². The maximum Gasteiger partial charge on any atom is 0.238 e. The first-order valence-corrected chi connectivity index (χ1v) is 6.02. The van der Waals surface area contributed by atoms with Gasteiger partial charge in [-0.1, -0.05) is 6.07 Å². The number of para-hydroxylation sites is 1. The van der Waals surface area contributed by atoms with E-state index in [1.165, 1.54) is 11.8 Å². The average Bonchev–Trinajstić information content (AvgIpc) is 2.21. The second kappa shape index (κ2) is 4.25. The van der Waals surface area contributed by atoms with Gasteiger partial charge in [0, 0.05) is 9.37 Å². The molecule has 5 heteroatoms. The van der Waals surface area contributed by atoms with Gasteiger partial charge < -0.3 is 5.32 Å². The molecule has 1 amide bonds. The molecule has 1 heterocycles. The highest BCUT2D eigenvalue weighted by atomic mass is 79.9. The number of rotatable bonds is 1. The van der Waals surface area contributed by atoms with Gasteiger partial charge in [0.2, 0.25) is 5.91 Å². The minimum Gasteiger partial charge on any atom is -0.323 e. The van der Waals surface area contributed by atoms with Crippen LogP contribution < -0.4 is 5.32 Å². The Labute approximate surface area is 100.0 Å². The van der Waals surface area contributed by atoms with E-state index in [-0.39, 0.29) is 17.6 Å². The lowest BCUT2D eigenvalue weighted by molar-refractivity contribution is -0.115. The predicted octanol–water partition coefficient (Wildman–Crippen LogP) is 2.78. The molecule has 15 heavy (non-hydrogen) atoms. The third kappa shape index (κ3) is 2.01. The van der Waals surface area contributed by atoms with Crippen molar-refractivity contribution < 1.29 is 4.79 Å². The standard InChI is InChI=1S/C10H7BrN2OS/c11-6-2-1-3-7-9(6)13-10(14)8(15-7)4-5-12/h1-3,8H,4H2,(H,13,14). The summed E-state index contributed by atoms with van der Waals surface area (Å²) in [5.74, 6) is -0.0963. The van der Waals surface area contributed by atoms with Crippen LogP contribution in [0.4, 0.5) is 5.69 Å². The molecule has 1 aliphatic rings. The van der Waals surface area contributed by atoms with Gasteiger partial charge in [-0.3, -0.25) is 4.79 Å². The van der Waals surface area contributed by atoms with E-state index < -0.39 is 0 Å². The van der Waals surface area contributed by atoms with Crippen LogP contribution in [-0.2, 0) is 4.79 Å². The molecular formula is C10H7BrN2OS. The molecule has 0 saturated carbocycles. The summed E-state index contributed by atoms with van der Waals surface area (Å²) in [7, 11) is 0. The Morgan fingerprint density at radius 2 is 2.40 bits per heavy atom. The number of fused-ring (bicyclic) bond motifs is 1. The smallest absolute Gasteiger partial charge is 0.238 e. The fraction of sp³-hybridized carbons (Fsp3) is 0.200. The normalized spacial score (nSPS) is 18.9. The van der Waals surface area contributed by atoms with Crippen LogP contribution in [0.2, 0.25) is 0 Å². The van der Waals surface area contributed by atoms with Crippen LogP contribution in [0.15, 0.2) is 27.6 Å². The van der Waals surface area contributed by atoms with Gasteiger partial charge in [-0.15, -0.1) is 11.8 Å². The summed E-state index contributed by atoms with van der Waals surface area (Å²) < 4.78 is 0.872. The van der Waals surface area contributed by atoms with Crippen molar-refractivity contribution in [2.45, 2.75) is 16.6 Å².